The summed E-state index contributed by atoms with van der Waals surface area (Å²) in [5.41, 5.74) is 2.22. The van der Waals surface area contributed by atoms with Crippen LogP contribution in [0, 0.1) is 13.8 Å². The van der Waals surface area contributed by atoms with Crippen LogP contribution in [0.15, 0.2) is 12.1 Å². The van der Waals surface area contributed by atoms with Gasteiger partial charge in [-0.2, -0.15) is 0 Å². The molecule has 2 nitrogen and oxygen atoms in total. The molecular formula is C11H16ClNO. The number of likely N-dealkylation sites (N-methyl/N-ethyl adjacent to an activating group) is 1. The molecule has 78 valence electrons. The van der Waals surface area contributed by atoms with E-state index in [0.717, 1.165) is 28.4 Å². The Morgan fingerprint density at radius 2 is 2.00 bits per heavy atom. The second-order valence-corrected chi connectivity index (χ2v) is 3.73. The Labute approximate surface area is 90.2 Å². The lowest BCUT2D eigenvalue weighted by atomic mass is 10.1. The smallest absolute Gasteiger partial charge is 0.123 e. The number of benzene rings is 1. The van der Waals surface area contributed by atoms with E-state index in [4.69, 9.17) is 16.3 Å². The molecule has 0 saturated heterocycles. The van der Waals surface area contributed by atoms with Gasteiger partial charge < -0.3 is 10.1 Å². The maximum absolute atomic E-state index is 6.00. The van der Waals surface area contributed by atoms with Crippen LogP contribution in [0.25, 0.3) is 0 Å². The summed E-state index contributed by atoms with van der Waals surface area (Å²) in [6, 6.07) is 3.92. The fraction of sp³-hybridized carbons (Fsp3) is 0.455. The largest absolute Gasteiger partial charge is 0.492 e. The first-order chi connectivity index (χ1) is 6.65. The van der Waals surface area contributed by atoms with Crippen LogP contribution in [0.4, 0.5) is 0 Å². The first kappa shape index (κ1) is 11.3. The van der Waals surface area contributed by atoms with E-state index >= 15 is 0 Å². The van der Waals surface area contributed by atoms with Gasteiger partial charge in [0.2, 0.25) is 0 Å². The Morgan fingerprint density at radius 1 is 1.29 bits per heavy atom. The fourth-order valence-corrected chi connectivity index (χ4v) is 1.38. The average Bonchev–Trinajstić information content (AvgIpc) is 2.14. The summed E-state index contributed by atoms with van der Waals surface area (Å²) in [6.07, 6.45) is 0. The van der Waals surface area contributed by atoms with Crippen LogP contribution in [-0.4, -0.2) is 20.2 Å². The van der Waals surface area contributed by atoms with Gasteiger partial charge in [0.1, 0.15) is 12.4 Å². The SMILES string of the molecule is CNCCOc1cc(Cl)c(C)cc1C. The van der Waals surface area contributed by atoms with Crippen LogP contribution in [0.1, 0.15) is 11.1 Å². The standard InChI is InChI=1S/C11H16ClNO/c1-8-6-9(2)11(7-10(8)12)14-5-4-13-3/h6-7,13H,4-5H2,1-3H3. The average molecular weight is 214 g/mol. The maximum Gasteiger partial charge on any atom is 0.123 e. The molecule has 0 aliphatic rings. The van der Waals surface area contributed by atoms with Gasteiger partial charge in [-0.3, -0.25) is 0 Å². The lowest BCUT2D eigenvalue weighted by Crippen LogP contribution is -2.16. The second kappa shape index (κ2) is 5.23. The number of rotatable bonds is 4. The van der Waals surface area contributed by atoms with Crippen molar-refractivity contribution in [3.8, 4) is 5.75 Å². The van der Waals surface area contributed by atoms with Crippen molar-refractivity contribution in [2.45, 2.75) is 13.8 Å². The van der Waals surface area contributed by atoms with E-state index < -0.39 is 0 Å². The highest BCUT2D eigenvalue weighted by molar-refractivity contribution is 6.31. The molecule has 0 unspecified atom stereocenters. The van der Waals surface area contributed by atoms with Crippen molar-refractivity contribution < 1.29 is 4.74 Å². The van der Waals surface area contributed by atoms with Crippen molar-refractivity contribution in [3.05, 3.63) is 28.3 Å². The molecule has 0 radical (unpaired) electrons. The van der Waals surface area contributed by atoms with Crippen molar-refractivity contribution >= 4 is 11.6 Å². The van der Waals surface area contributed by atoms with Crippen LogP contribution in [0.2, 0.25) is 5.02 Å². The van der Waals surface area contributed by atoms with Gasteiger partial charge in [0.05, 0.1) is 0 Å². The summed E-state index contributed by atoms with van der Waals surface area (Å²) in [5, 5.41) is 3.78. The summed E-state index contributed by atoms with van der Waals surface area (Å²) < 4.78 is 5.57. The Hall–Kier alpha value is -0.730. The van der Waals surface area contributed by atoms with Crippen LogP contribution in [0.5, 0.6) is 5.75 Å². The molecule has 0 aliphatic heterocycles. The van der Waals surface area contributed by atoms with Gasteiger partial charge in [0.25, 0.3) is 0 Å². The number of halogens is 1. The Kier molecular flexibility index (Phi) is 4.23. The topological polar surface area (TPSA) is 21.3 Å². The zero-order valence-corrected chi connectivity index (χ0v) is 9.61. The Morgan fingerprint density at radius 3 is 2.64 bits per heavy atom. The van der Waals surface area contributed by atoms with Crippen LogP contribution in [0.3, 0.4) is 0 Å². The third-order valence-electron chi connectivity index (χ3n) is 2.07. The Balaban J connectivity index is 2.72. The van der Waals surface area contributed by atoms with Gasteiger partial charge in [-0.25, -0.2) is 0 Å². The number of ether oxygens (including phenoxy) is 1. The third kappa shape index (κ3) is 2.89. The van der Waals surface area contributed by atoms with Crippen molar-refractivity contribution in [1.29, 1.82) is 0 Å². The molecule has 0 spiro atoms. The molecule has 0 atom stereocenters. The van der Waals surface area contributed by atoms with E-state index in [1.807, 2.05) is 33.0 Å². The zero-order chi connectivity index (χ0) is 10.6. The molecule has 0 aromatic heterocycles. The fourth-order valence-electron chi connectivity index (χ4n) is 1.23. The second-order valence-electron chi connectivity index (χ2n) is 3.32. The van der Waals surface area contributed by atoms with Gasteiger partial charge in [-0.05, 0) is 38.1 Å². The molecular weight excluding hydrogens is 198 g/mol. The van der Waals surface area contributed by atoms with E-state index in [9.17, 15) is 0 Å². The minimum absolute atomic E-state index is 0.663. The number of hydrogen-bond donors (Lipinski definition) is 1. The normalized spacial score (nSPS) is 10.3. The molecule has 0 aliphatic carbocycles. The molecule has 0 saturated carbocycles. The van der Waals surface area contributed by atoms with Crippen LogP contribution >= 0.6 is 11.6 Å². The molecule has 3 heteroatoms. The van der Waals surface area contributed by atoms with Crippen LogP contribution in [-0.2, 0) is 0 Å². The molecule has 1 N–H and O–H groups in total. The molecule has 0 heterocycles. The quantitative estimate of drug-likeness (QED) is 0.777. The predicted molar refractivity (Wildman–Crippen MR) is 60.3 cm³/mol. The van der Waals surface area contributed by atoms with Gasteiger partial charge in [0, 0.05) is 11.6 Å². The van der Waals surface area contributed by atoms with Crippen LogP contribution < -0.4 is 10.1 Å². The van der Waals surface area contributed by atoms with Gasteiger partial charge in [0.15, 0.2) is 0 Å². The molecule has 1 aromatic carbocycles. The van der Waals surface area contributed by atoms with Gasteiger partial charge in [-0.1, -0.05) is 17.7 Å². The molecule has 1 aromatic rings. The highest BCUT2D eigenvalue weighted by atomic mass is 35.5. The summed E-state index contributed by atoms with van der Waals surface area (Å²) in [5.74, 6) is 0.871. The van der Waals surface area contributed by atoms with Gasteiger partial charge in [-0.15, -0.1) is 0 Å². The summed E-state index contributed by atoms with van der Waals surface area (Å²) in [7, 11) is 1.90. The third-order valence-corrected chi connectivity index (χ3v) is 2.47. The first-order valence-electron chi connectivity index (χ1n) is 4.69. The molecule has 0 amide bonds. The lowest BCUT2D eigenvalue weighted by molar-refractivity contribution is 0.316. The van der Waals surface area contributed by atoms with Crippen molar-refractivity contribution in [3.63, 3.8) is 0 Å². The van der Waals surface area contributed by atoms with Gasteiger partial charge >= 0.3 is 0 Å². The van der Waals surface area contributed by atoms with E-state index in [1.54, 1.807) is 0 Å². The number of aryl methyl sites for hydroxylation is 2. The highest BCUT2D eigenvalue weighted by Crippen LogP contribution is 2.25. The van der Waals surface area contributed by atoms with E-state index in [2.05, 4.69) is 5.32 Å². The lowest BCUT2D eigenvalue weighted by Gasteiger charge is -2.10. The Bertz CT molecular complexity index is 312. The van der Waals surface area contributed by atoms with Crippen molar-refractivity contribution in [1.82, 2.24) is 5.32 Å². The number of nitrogens with one attached hydrogen (secondary N) is 1. The molecule has 14 heavy (non-hydrogen) atoms. The van der Waals surface area contributed by atoms with Crippen molar-refractivity contribution in [2.75, 3.05) is 20.2 Å². The summed E-state index contributed by atoms with van der Waals surface area (Å²) in [6.45, 7) is 5.52. The maximum atomic E-state index is 6.00. The number of hydrogen-bond acceptors (Lipinski definition) is 2. The first-order valence-corrected chi connectivity index (χ1v) is 5.07. The zero-order valence-electron chi connectivity index (χ0n) is 8.86. The molecule has 0 bridgehead atoms. The highest BCUT2D eigenvalue weighted by Gasteiger charge is 2.03. The van der Waals surface area contributed by atoms with E-state index in [-0.39, 0.29) is 0 Å². The van der Waals surface area contributed by atoms with E-state index in [1.165, 1.54) is 0 Å². The predicted octanol–water partition coefficient (Wildman–Crippen LogP) is 2.56. The summed E-state index contributed by atoms with van der Waals surface area (Å²) >= 11 is 6.00. The summed E-state index contributed by atoms with van der Waals surface area (Å²) in [4.78, 5) is 0. The minimum Gasteiger partial charge on any atom is -0.492 e. The molecule has 1 rings (SSSR count). The monoisotopic (exact) mass is 213 g/mol. The minimum atomic E-state index is 0.663. The molecule has 0 fully saturated rings. The van der Waals surface area contributed by atoms with E-state index in [0.29, 0.717) is 6.61 Å². The van der Waals surface area contributed by atoms with Crippen molar-refractivity contribution in [2.24, 2.45) is 0 Å².